The molecule has 0 saturated heterocycles. The smallest absolute Gasteiger partial charge is 0.135 e. The molecule has 1 aromatic heterocycles. The Kier molecular flexibility index (Phi) is 6.51. The number of hydrogen-bond acceptors (Lipinski definition) is 2. The van der Waals surface area contributed by atoms with Crippen molar-refractivity contribution in [3.05, 3.63) is 176 Å². The number of furan rings is 1. The van der Waals surface area contributed by atoms with Crippen LogP contribution in [0.2, 0.25) is 0 Å². The number of hydrogen-bond donors (Lipinski definition) is 0. The standard InChI is InChI=1S/C42H29NO/c1-3-12-30(13-4-1)31-22-24-36(25-23-31)43(35-17-5-2-6-18-35)40-27-26-37(38-19-8-9-20-39(38)40)32-15-11-16-33(28-32)42-29-34-14-7-10-21-41(34)44-42/h1-29H. The van der Waals surface area contributed by atoms with Crippen molar-refractivity contribution in [1.82, 2.24) is 0 Å². The van der Waals surface area contributed by atoms with Crippen LogP contribution in [0, 0.1) is 0 Å². The van der Waals surface area contributed by atoms with Gasteiger partial charge in [0.2, 0.25) is 0 Å². The van der Waals surface area contributed by atoms with Gasteiger partial charge >= 0.3 is 0 Å². The molecule has 0 spiro atoms. The zero-order valence-electron chi connectivity index (χ0n) is 24.1. The molecule has 2 heteroatoms. The highest BCUT2D eigenvalue weighted by atomic mass is 16.3. The van der Waals surface area contributed by atoms with E-state index < -0.39 is 0 Å². The molecule has 44 heavy (non-hydrogen) atoms. The second-order valence-electron chi connectivity index (χ2n) is 11.0. The average molecular weight is 564 g/mol. The molecule has 0 aliphatic carbocycles. The van der Waals surface area contributed by atoms with E-state index in [9.17, 15) is 0 Å². The molecular formula is C42H29NO. The summed E-state index contributed by atoms with van der Waals surface area (Å²) in [5.74, 6) is 0.878. The number of rotatable bonds is 6. The van der Waals surface area contributed by atoms with Gasteiger partial charge in [0.1, 0.15) is 11.3 Å². The fraction of sp³-hybridized carbons (Fsp3) is 0. The molecule has 0 aliphatic heterocycles. The van der Waals surface area contributed by atoms with Crippen molar-refractivity contribution in [3.63, 3.8) is 0 Å². The molecule has 0 fully saturated rings. The van der Waals surface area contributed by atoms with Crippen LogP contribution in [-0.4, -0.2) is 0 Å². The van der Waals surface area contributed by atoms with Gasteiger partial charge in [-0.2, -0.15) is 0 Å². The molecule has 0 unspecified atom stereocenters. The summed E-state index contributed by atoms with van der Waals surface area (Å²) in [6.07, 6.45) is 0. The first-order chi connectivity index (χ1) is 21.8. The quantitative estimate of drug-likeness (QED) is 0.200. The fourth-order valence-electron chi connectivity index (χ4n) is 6.13. The molecule has 0 amide bonds. The fourth-order valence-corrected chi connectivity index (χ4v) is 6.13. The van der Waals surface area contributed by atoms with Gasteiger partial charge in [0, 0.05) is 27.7 Å². The Balaban J connectivity index is 1.25. The highest BCUT2D eigenvalue weighted by Crippen LogP contribution is 2.42. The first-order valence-electron chi connectivity index (χ1n) is 14.9. The number of nitrogens with zero attached hydrogens (tertiary/aromatic N) is 1. The van der Waals surface area contributed by atoms with Gasteiger partial charge in [-0.15, -0.1) is 0 Å². The van der Waals surface area contributed by atoms with E-state index >= 15 is 0 Å². The van der Waals surface area contributed by atoms with Crippen LogP contribution in [-0.2, 0) is 0 Å². The maximum atomic E-state index is 6.21. The average Bonchev–Trinajstić information content (AvgIpc) is 3.55. The second-order valence-corrected chi connectivity index (χ2v) is 11.0. The zero-order chi connectivity index (χ0) is 29.3. The molecule has 208 valence electrons. The van der Waals surface area contributed by atoms with Crippen molar-refractivity contribution in [2.24, 2.45) is 0 Å². The van der Waals surface area contributed by atoms with Crippen LogP contribution in [0.5, 0.6) is 0 Å². The topological polar surface area (TPSA) is 16.4 Å². The van der Waals surface area contributed by atoms with Gasteiger partial charge in [0.25, 0.3) is 0 Å². The third kappa shape index (κ3) is 4.73. The lowest BCUT2D eigenvalue weighted by molar-refractivity contribution is 0.631. The maximum Gasteiger partial charge on any atom is 0.135 e. The van der Waals surface area contributed by atoms with Crippen LogP contribution in [0.25, 0.3) is 55.3 Å². The normalized spacial score (nSPS) is 11.2. The Morgan fingerprint density at radius 2 is 1.00 bits per heavy atom. The summed E-state index contributed by atoms with van der Waals surface area (Å²) < 4.78 is 6.21. The second kappa shape index (κ2) is 11.1. The molecule has 7 aromatic carbocycles. The molecule has 0 bridgehead atoms. The minimum atomic E-state index is 0.878. The minimum Gasteiger partial charge on any atom is -0.456 e. The van der Waals surface area contributed by atoms with Gasteiger partial charge < -0.3 is 9.32 Å². The lowest BCUT2D eigenvalue weighted by Gasteiger charge is -2.27. The Hall–Kier alpha value is -5.86. The minimum absolute atomic E-state index is 0.878. The molecule has 0 atom stereocenters. The van der Waals surface area contributed by atoms with Crippen LogP contribution in [0.3, 0.4) is 0 Å². The van der Waals surface area contributed by atoms with Gasteiger partial charge in [0.15, 0.2) is 0 Å². The molecule has 0 aliphatic rings. The van der Waals surface area contributed by atoms with E-state index in [1.54, 1.807) is 0 Å². The predicted molar refractivity (Wildman–Crippen MR) is 185 cm³/mol. The van der Waals surface area contributed by atoms with Crippen LogP contribution in [0.1, 0.15) is 0 Å². The van der Waals surface area contributed by atoms with E-state index in [0.717, 1.165) is 44.9 Å². The summed E-state index contributed by atoms with van der Waals surface area (Å²) in [4.78, 5) is 2.35. The number of para-hydroxylation sites is 2. The predicted octanol–water partition coefficient (Wildman–Crippen LogP) is 12.1. The lowest BCUT2D eigenvalue weighted by Crippen LogP contribution is -2.10. The van der Waals surface area contributed by atoms with Crippen LogP contribution in [0.15, 0.2) is 180 Å². The molecule has 2 nitrogen and oxygen atoms in total. The van der Waals surface area contributed by atoms with Crippen LogP contribution in [0.4, 0.5) is 17.1 Å². The third-order valence-electron chi connectivity index (χ3n) is 8.27. The lowest BCUT2D eigenvalue weighted by atomic mass is 9.95. The molecule has 1 heterocycles. The summed E-state index contributed by atoms with van der Waals surface area (Å²) in [5.41, 5.74) is 10.1. The summed E-state index contributed by atoms with van der Waals surface area (Å²) in [6.45, 7) is 0. The van der Waals surface area contributed by atoms with Crippen molar-refractivity contribution in [2.75, 3.05) is 4.90 Å². The number of fused-ring (bicyclic) bond motifs is 2. The van der Waals surface area contributed by atoms with Crippen molar-refractivity contribution in [2.45, 2.75) is 0 Å². The largest absolute Gasteiger partial charge is 0.456 e. The van der Waals surface area contributed by atoms with E-state index in [4.69, 9.17) is 4.42 Å². The third-order valence-corrected chi connectivity index (χ3v) is 8.27. The maximum absolute atomic E-state index is 6.21. The van der Waals surface area contributed by atoms with Crippen LogP contribution < -0.4 is 4.90 Å². The Morgan fingerprint density at radius 1 is 0.386 bits per heavy atom. The van der Waals surface area contributed by atoms with Gasteiger partial charge in [-0.25, -0.2) is 0 Å². The molecule has 8 rings (SSSR count). The molecule has 8 aromatic rings. The van der Waals surface area contributed by atoms with E-state index in [0.29, 0.717) is 0 Å². The monoisotopic (exact) mass is 563 g/mol. The van der Waals surface area contributed by atoms with Crippen LogP contribution >= 0.6 is 0 Å². The van der Waals surface area contributed by atoms with Crippen molar-refractivity contribution >= 4 is 38.8 Å². The summed E-state index contributed by atoms with van der Waals surface area (Å²) in [7, 11) is 0. The van der Waals surface area contributed by atoms with Crippen molar-refractivity contribution < 1.29 is 4.42 Å². The van der Waals surface area contributed by atoms with Crippen molar-refractivity contribution in [3.8, 4) is 33.6 Å². The van der Waals surface area contributed by atoms with E-state index in [1.807, 2.05) is 18.2 Å². The Bertz CT molecular complexity index is 2180. The van der Waals surface area contributed by atoms with Gasteiger partial charge in [-0.1, -0.05) is 127 Å². The highest BCUT2D eigenvalue weighted by molar-refractivity contribution is 6.06. The first kappa shape index (κ1) is 25.8. The first-order valence-corrected chi connectivity index (χ1v) is 14.9. The molecule has 0 saturated carbocycles. The molecule has 0 radical (unpaired) electrons. The van der Waals surface area contributed by atoms with Gasteiger partial charge in [-0.05, 0) is 76.2 Å². The van der Waals surface area contributed by atoms with E-state index in [2.05, 4.69) is 163 Å². The highest BCUT2D eigenvalue weighted by Gasteiger charge is 2.18. The van der Waals surface area contributed by atoms with Gasteiger partial charge in [0.05, 0.1) is 5.69 Å². The number of anilines is 3. The van der Waals surface area contributed by atoms with Crippen molar-refractivity contribution in [1.29, 1.82) is 0 Å². The SMILES string of the molecule is c1ccc(-c2ccc(N(c3ccccc3)c3ccc(-c4cccc(-c5cc6ccccc6o5)c4)c4ccccc34)cc2)cc1. The zero-order valence-corrected chi connectivity index (χ0v) is 24.1. The molecule has 0 N–H and O–H groups in total. The Morgan fingerprint density at radius 3 is 1.80 bits per heavy atom. The summed E-state index contributed by atoms with van der Waals surface area (Å²) in [5, 5.41) is 3.50. The van der Waals surface area contributed by atoms with E-state index in [1.165, 1.54) is 27.5 Å². The van der Waals surface area contributed by atoms with E-state index in [-0.39, 0.29) is 0 Å². The number of benzene rings is 7. The molecular weight excluding hydrogens is 534 g/mol. The summed E-state index contributed by atoms with van der Waals surface area (Å²) in [6, 6.07) is 62.1. The Labute approximate surface area is 257 Å². The summed E-state index contributed by atoms with van der Waals surface area (Å²) >= 11 is 0. The van der Waals surface area contributed by atoms with Gasteiger partial charge in [-0.3, -0.25) is 0 Å².